The van der Waals surface area contributed by atoms with Gasteiger partial charge in [0.25, 0.3) is 0 Å². The molecular weight excluding hydrogens is 392 g/mol. The average Bonchev–Trinajstić information content (AvgIpc) is 2.75. The predicted molar refractivity (Wildman–Crippen MR) is 82.8 cm³/mol. The Balaban J connectivity index is 2.21. The smallest absolute Gasteiger partial charge is 0.312 e. The van der Waals surface area contributed by atoms with Crippen LogP contribution in [0, 0.1) is 17.1 Å². The van der Waals surface area contributed by atoms with Gasteiger partial charge in [0.1, 0.15) is 23.4 Å². The normalized spacial score (nSPS) is 20.8. The van der Waals surface area contributed by atoms with Crippen molar-refractivity contribution in [1.82, 2.24) is 0 Å². The largest absolute Gasteiger partial charge is 0.457 e. The van der Waals surface area contributed by atoms with Crippen LogP contribution in [-0.4, -0.2) is 19.4 Å². The van der Waals surface area contributed by atoms with Crippen molar-refractivity contribution in [3.05, 3.63) is 52.8 Å². The molecule has 2 atom stereocenters. The summed E-state index contributed by atoms with van der Waals surface area (Å²) in [6.07, 6.45) is -5.87. The second-order valence-electron chi connectivity index (χ2n) is 5.76. The lowest BCUT2D eigenvalue weighted by molar-refractivity contribution is -0.143. The molecule has 0 saturated heterocycles. The van der Waals surface area contributed by atoms with E-state index in [1.165, 1.54) is 0 Å². The Labute approximate surface area is 150 Å². The van der Waals surface area contributed by atoms with Crippen molar-refractivity contribution in [1.29, 1.82) is 5.26 Å². The number of nitriles is 1. The molecule has 0 unspecified atom stereocenters. The first-order valence-electron chi connectivity index (χ1n) is 7.25. The van der Waals surface area contributed by atoms with Crippen LogP contribution in [0.1, 0.15) is 29.0 Å². The number of hydrogen-bond donors (Lipinski definition) is 2. The first kappa shape index (κ1) is 19.1. The molecule has 0 spiro atoms. The van der Waals surface area contributed by atoms with Crippen LogP contribution in [0.3, 0.4) is 0 Å². The molecule has 2 aromatic rings. The lowest BCUT2D eigenvalue weighted by Crippen LogP contribution is -2.25. The number of aliphatic hydroxyl groups excluding tert-OH is 1. The highest BCUT2D eigenvalue weighted by atomic mass is 32.2. The van der Waals surface area contributed by atoms with Gasteiger partial charge in [-0.15, -0.1) is 0 Å². The van der Waals surface area contributed by atoms with Crippen molar-refractivity contribution in [2.75, 3.05) is 0 Å². The van der Waals surface area contributed by atoms with Crippen LogP contribution in [-0.2, 0) is 10.0 Å². The fourth-order valence-electron chi connectivity index (χ4n) is 2.81. The number of hydrogen-bond acceptors (Lipinski definition) is 5. The van der Waals surface area contributed by atoms with Gasteiger partial charge < -0.3 is 9.84 Å². The first-order chi connectivity index (χ1) is 12.5. The number of nitrogens with zero attached hydrogens (tertiary/aromatic N) is 1. The summed E-state index contributed by atoms with van der Waals surface area (Å²) in [6.45, 7) is 0. The van der Waals surface area contributed by atoms with E-state index in [2.05, 4.69) is 0 Å². The van der Waals surface area contributed by atoms with Crippen LogP contribution in [0.25, 0.3) is 0 Å². The van der Waals surface area contributed by atoms with Crippen LogP contribution >= 0.6 is 0 Å². The molecule has 0 amide bonds. The van der Waals surface area contributed by atoms with Gasteiger partial charge in [-0.2, -0.15) is 14.0 Å². The van der Waals surface area contributed by atoms with Crippen LogP contribution in [0.2, 0.25) is 0 Å². The molecule has 0 saturated carbocycles. The van der Waals surface area contributed by atoms with Gasteiger partial charge in [0.2, 0.25) is 10.0 Å². The minimum atomic E-state index is -4.56. The number of ether oxygens (including phenoxy) is 1. The summed E-state index contributed by atoms with van der Waals surface area (Å²) >= 11 is 0. The maximum absolute atomic E-state index is 14.3. The van der Waals surface area contributed by atoms with Gasteiger partial charge >= 0.3 is 5.92 Å². The third-order valence-corrected chi connectivity index (χ3v) is 4.94. The van der Waals surface area contributed by atoms with Gasteiger partial charge in [0.05, 0.1) is 16.5 Å². The van der Waals surface area contributed by atoms with Gasteiger partial charge in [0.15, 0.2) is 6.17 Å². The van der Waals surface area contributed by atoms with E-state index in [1.807, 2.05) is 0 Å². The van der Waals surface area contributed by atoms with E-state index in [-0.39, 0.29) is 11.3 Å². The van der Waals surface area contributed by atoms with Gasteiger partial charge in [-0.05, 0) is 24.3 Å². The minimum absolute atomic E-state index is 0.148. The molecule has 0 aromatic heterocycles. The molecule has 27 heavy (non-hydrogen) atoms. The third kappa shape index (κ3) is 3.12. The zero-order valence-electron chi connectivity index (χ0n) is 13.2. The average molecular weight is 402 g/mol. The summed E-state index contributed by atoms with van der Waals surface area (Å²) in [4.78, 5) is -0.880. The molecule has 0 radical (unpaired) electrons. The minimum Gasteiger partial charge on any atom is -0.457 e. The number of benzene rings is 2. The highest BCUT2D eigenvalue weighted by Gasteiger charge is 2.59. The molecular formula is C16H10F4N2O4S. The maximum atomic E-state index is 14.3. The van der Waals surface area contributed by atoms with Crippen molar-refractivity contribution in [2.45, 2.75) is 23.1 Å². The van der Waals surface area contributed by atoms with Gasteiger partial charge in [0, 0.05) is 17.2 Å². The zero-order chi connectivity index (χ0) is 20.1. The standard InChI is InChI=1S/C16H10F4N2O4S/c17-8-3-7(6-21)4-9(5-8)26-10-1-2-11(27(22,24)25)13-12(10)14(18)16(19,20)15(13)23/h1-5,14-15,23H,(H2,22,24,25)/t14-,15-/m0/s1. The van der Waals surface area contributed by atoms with E-state index in [4.69, 9.17) is 15.1 Å². The molecule has 2 aromatic carbocycles. The summed E-state index contributed by atoms with van der Waals surface area (Å²) in [7, 11) is -4.56. The molecule has 3 N–H and O–H groups in total. The topological polar surface area (TPSA) is 113 Å². The summed E-state index contributed by atoms with van der Waals surface area (Å²) in [5.74, 6) is -6.09. The van der Waals surface area contributed by atoms with E-state index >= 15 is 0 Å². The van der Waals surface area contributed by atoms with Gasteiger partial charge in [-0.1, -0.05) is 0 Å². The summed E-state index contributed by atoms with van der Waals surface area (Å²) in [5.41, 5.74) is -1.99. The highest BCUT2D eigenvalue weighted by molar-refractivity contribution is 7.89. The third-order valence-electron chi connectivity index (χ3n) is 3.97. The van der Waals surface area contributed by atoms with E-state index in [9.17, 15) is 31.1 Å². The summed E-state index contributed by atoms with van der Waals surface area (Å²) in [5, 5.41) is 23.6. The highest BCUT2D eigenvalue weighted by Crippen LogP contribution is 2.57. The lowest BCUT2D eigenvalue weighted by Gasteiger charge is -2.16. The molecule has 6 nitrogen and oxygen atoms in total. The Kier molecular flexibility index (Phi) is 4.38. The molecule has 1 aliphatic carbocycles. The molecule has 0 heterocycles. The molecule has 1 aliphatic rings. The number of alkyl halides is 3. The Morgan fingerprint density at radius 3 is 2.48 bits per heavy atom. The number of aliphatic hydroxyl groups is 1. The Morgan fingerprint density at radius 1 is 1.22 bits per heavy atom. The number of nitrogens with two attached hydrogens (primary N) is 1. The number of sulfonamides is 1. The summed E-state index contributed by atoms with van der Waals surface area (Å²) in [6, 6.07) is 6.05. The molecule has 0 fully saturated rings. The molecule has 0 bridgehead atoms. The van der Waals surface area contributed by atoms with Crippen molar-refractivity contribution >= 4 is 10.0 Å². The van der Waals surface area contributed by atoms with Gasteiger partial charge in [-0.3, -0.25) is 0 Å². The van der Waals surface area contributed by atoms with Crippen LogP contribution < -0.4 is 9.88 Å². The second kappa shape index (κ2) is 6.19. The molecule has 11 heteroatoms. The number of primary sulfonamides is 1. The number of halogens is 4. The molecule has 0 aliphatic heterocycles. The molecule has 3 rings (SSSR count). The fourth-order valence-corrected chi connectivity index (χ4v) is 3.60. The van der Waals surface area contributed by atoms with Crippen molar-refractivity contribution < 1.29 is 35.8 Å². The summed E-state index contributed by atoms with van der Waals surface area (Å²) < 4.78 is 84.3. The van der Waals surface area contributed by atoms with E-state index in [0.29, 0.717) is 0 Å². The molecule has 142 valence electrons. The number of rotatable bonds is 3. The Hall–Kier alpha value is -2.68. The lowest BCUT2D eigenvalue weighted by atomic mass is 10.1. The first-order valence-corrected chi connectivity index (χ1v) is 8.79. The zero-order valence-corrected chi connectivity index (χ0v) is 14.0. The van der Waals surface area contributed by atoms with Gasteiger partial charge in [-0.25, -0.2) is 22.3 Å². The van der Waals surface area contributed by atoms with E-state index < -0.39 is 55.8 Å². The Bertz CT molecular complexity index is 1080. The SMILES string of the molecule is N#Cc1cc(F)cc(Oc2ccc(S(N)(=O)=O)c3c2[C@H](F)C(F)(F)[C@H]3O)c1. The van der Waals surface area contributed by atoms with Crippen molar-refractivity contribution in [3.8, 4) is 17.6 Å². The van der Waals surface area contributed by atoms with Crippen molar-refractivity contribution in [2.24, 2.45) is 5.14 Å². The fraction of sp³-hybridized carbons (Fsp3) is 0.188. The monoisotopic (exact) mass is 402 g/mol. The van der Waals surface area contributed by atoms with Crippen LogP contribution in [0.4, 0.5) is 17.6 Å². The predicted octanol–water partition coefficient (Wildman–Crippen LogP) is 2.83. The van der Waals surface area contributed by atoms with E-state index in [1.54, 1.807) is 6.07 Å². The second-order valence-corrected chi connectivity index (χ2v) is 7.29. The Morgan fingerprint density at radius 2 is 1.89 bits per heavy atom. The maximum Gasteiger partial charge on any atom is 0.312 e. The van der Waals surface area contributed by atoms with Crippen LogP contribution in [0.15, 0.2) is 35.2 Å². The van der Waals surface area contributed by atoms with E-state index in [0.717, 1.165) is 30.3 Å². The van der Waals surface area contributed by atoms with Crippen LogP contribution in [0.5, 0.6) is 11.5 Å². The number of fused-ring (bicyclic) bond motifs is 1. The quantitative estimate of drug-likeness (QED) is 0.767. The van der Waals surface area contributed by atoms with Crippen molar-refractivity contribution in [3.63, 3.8) is 0 Å².